The van der Waals surface area contributed by atoms with Crippen molar-refractivity contribution in [1.29, 1.82) is 0 Å². The van der Waals surface area contributed by atoms with Crippen molar-refractivity contribution in [2.45, 2.75) is 45.2 Å². The van der Waals surface area contributed by atoms with Gasteiger partial charge in [-0.15, -0.1) is 0 Å². The van der Waals surface area contributed by atoms with Crippen LogP contribution in [0.5, 0.6) is 0 Å². The van der Waals surface area contributed by atoms with Gasteiger partial charge < -0.3 is 4.57 Å². The van der Waals surface area contributed by atoms with Crippen LogP contribution in [0.15, 0.2) is 23.0 Å². The zero-order valence-electron chi connectivity index (χ0n) is 11.5. The summed E-state index contributed by atoms with van der Waals surface area (Å²) in [6.07, 6.45) is 1.25. The minimum absolute atomic E-state index is 0.173. The lowest BCUT2D eigenvalue weighted by atomic mass is 9.81. The van der Waals surface area contributed by atoms with E-state index in [1.54, 1.807) is 6.07 Å². The van der Waals surface area contributed by atoms with Crippen LogP contribution < -0.4 is 5.56 Å². The summed E-state index contributed by atoms with van der Waals surface area (Å²) in [7, 11) is 0. The molecule has 0 amide bonds. The fourth-order valence-electron chi connectivity index (χ4n) is 3.44. The molecule has 1 saturated heterocycles. The van der Waals surface area contributed by atoms with E-state index in [4.69, 9.17) is 0 Å². The molecule has 3 nitrogen and oxygen atoms in total. The Hall–Kier alpha value is -1.09. The largest absolute Gasteiger partial charge is 0.312 e. The molecule has 0 aliphatic carbocycles. The van der Waals surface area contributed by atoms with Gasteiger partial charge in [-0.25, -0.2) is 0 Å². The first kappa shape index (κ1) is 12.0. The van der Waals surface area contributed by atoms with Crippen LogP contribution in [0.3, 0.4) is 0 Å². The zero-order valence-corrected chi connectivity index (χ0v) is 11.5. The van der Waals surface area contributed by atoms with Crippen molar-refractivity contribution in [3.8, 4) is 0 Å². The van der Waals surface area contributed by atoms with Gasteiger partial charge in [0, 0.05) is 42.9 Å². The molecule has 0 spiro atoms. The van der Waals surface area contributed by atoms with Crippen molar-refractivity contribution in [2.24, 2.45) is 5.92 Å². The van der Waals surface area contributed by atoms with Crippen molar-refractivity contribution in [2.75, 3.05) is 13.1 Å². The predicted octanol–water partition coefficient (Wildman–Crippen LogP) is 2.07. The molecule has 1 fully saturated rings. The molecule has 0 radical (unpaired) electrons. The second kappa shape index (κ2) is 3.95. The lowest BCUT2D eigenvalue weighted by molar-refractivity contribution is 0.0472. The molecule has 3 heterocycles. The number of rotatable bonds is 0. The SMILES string of the molecule is CC(C)(C)N1CC2C[C@H](C1)c1cccc(=O)n1C2. The third kappa shape index (κ3) is 1.91. The Bertz CT molecular complexity index is 512. The van der Waals surface area contributed by atoms with Crippen LogP contribution in [-0.2, 0) is 6.54 Å². The molecular formula is C15H22N2O. The molecule has 0 aromatic carbocycles. The van der Waals surface area contributed by atoms with Gasteiger partial charge in [0.05, 0.1) is 0 Å². The van der Waals surface area contributed by atoms with E-state index in [1.807, 2.05) is 10.6 Å². The summed E-state index contributed by atoms with van der Waals surface area (Å²) in [6.45, 7) is 9.96. The number of likely N-dealkylation sites (tertiary alicyclic amines) is 1. The van der Waals surface area contributed by atoms with E-state index in [1.165, 1.54) is 12.1 Å². The minimum atomic E-state index is 0.173. The summed E-state index contributed by atoms with van der Waals surface area (Å²) in [4.78, 5) is 14.5. The van der Waals surface area contributed by atoms with Gasteiger partial charge in [0.15, 0.2) is 0 Å². The molecule has 0 N–H and O–H groups in total. The fraction of sp³-hybridized carbons (Fsp3) is 0.667. The average Bonchev–Trinajstić information content (AvgIpc) is 2.29. The molecule has 2 aliphatic heterocycles. The smallest absolute Gasteiger partial charge is 0.250 e. The lowest BCUT2D eigenvalue weighted by Gasteiger charge is -2.48. The molecule has 98 valence electrons. The summed E-state index contributed by atoms with van der Waals surface area (Å²) >= 11 is 0. The topological polar surface area (TPSA) is 25.2 Å². The van der Waals surface area contributed by atoms with Gasteiger partial charge in [0.25, 0.3) is 5.56 Å². The second-order valence-electron chi connectivity index (χ2n) is 6.77. The van der Waals surface area contributed by atoms with Crippen LogP contribution >= 0.6 is 0 Å². The predicted molar refractivity (Wildman–Crippen MR) is 72.9 cm³/mol. The van der Waals surface area contributed by atoms with Gasteiger partial charge in [0.2, 0.25) is 0 Å². The van der Waals surface area contributed by atoms with Gasteiger partial charge in [-0.3, -0.25) is 9.69 Å². The number of pyridine rings is 1. The molecule has 3 rings (SSSR count). The Morgan fingerprint density at radius 2 is 1.94 bits per heavy atom. The number of fused-ring (bicyclic) bond motifs is 4. The Balaban J connectivity index is 1.97. The molecule has 0 saturated carbocycles. The number of nitrogens with zero attached hydrogens (tertiary/aromatic N) is 2. The summed E-state index contributed by atoms with van der Waals surface area (Å²) in [5.41, 5.74) is 1.65. The van der Waals surface area contributed by atoms with Crippen LogP contribution in [-0.4, -0.2) is 28.1 Å². The third-order valence-electron chi connectivity index (χ3n) is 4.43. The number of hydrogen-bond acceptors (Lipinski definition) is 2. The van der Waals surface area contributed by atoms with E-state index in [-0.39, 0.29) is 11.1 Å². The molecule has 2 aliphatic rings. The van der Waals surface area contributed by atoms with E-state index < -0.39 is 0 Å². The molecule has 18 heavy (non-hydrogen) atoms. The summed E-state index contributed by atoms with van der Waals surface area (Å²) in [5.74, 6) is 1.17. The second-order valence-corrected chi connectivity index (χ2v) is 6.77. The fourth-order valence-corrected chi connectivity index (χ4v) is 3.44. The maximum absolute atomic E-state index is 11.9. The minimum Gasteiger partial charge on any atom is -0.312 e. The van der Waals surface area contributed by atoms with Crippen molar-refractivity contribution in [3.05, 3.63) is 34.2 Å². The van der Waals surface area contributed by atoms with E-state index in [9.17, 15) is 4.79 Å². The van der Waals surface area contributed by atoms with E-state index in [0.717, 1.165) is 19.6 Å². The third-order valence-corrected chi connectivity index (χ3v) is 4.43. The maximum Gasteiger partial charge on any atom is 0.250 e. The van der Waals surface area contributed by atoms with E-state index in [0.29, 0.717) is 11.8 Å². The number of hydrogen-bond donors (Lipinski definition) is 0. The first-order valence-electron chi connectivity index (χ1n) is 6.90. The highest BCUT2D eigenvalue weighted by molar-refractivity contribution is 5.17. The summed E-state index contributed by atoms with van der Waals surface area (Å²) < 4.78 is 2.00. The molecule has 2 atom stereocenters. The van der Waals surface area contributed by atoms with Crippen molar-refractivity contribution >= 4 is 0 Å². The quantitative estimate of drug-likeness (QED) is 0.700. The van der Waals surface area contributed by atoms with Gasteiger partial charge in [-0.2, -0.15) is 0 Å². The van der Waals surface area contributed by atoms with E-state index >= 15 is 0 Å². The highest BCUT2D eigenvalue weighted by Crippen LogP contribution is 2.37. The Labute approximate surface area is 108 Å². The van der Waals surface area contributed by atoms with Crippen molar-refractivity contribution in [3.63, 3.8) is 0 Å². The molecule has 1 aromatic heterocycles. The van der Waals surface area contributed by atoms with Crippen LogP contribution in [0.25, 0.3) is 0 Å². The van der Waals surface area contributed by atoms with Crippen molar-refractivity contribution in [1.82, 2.24) is 9.47 Å². The zero-order chi connectivity index (χ0) is 12.9. The van der Waals surface area contributed by atoms with Crippen LogP contribution in [0.4, 0.5) is 0 Å². The van der Waals surface area contributed by atoms with Gasteiger partial charge in [0.1, 0.15) is 0 Å². The molecular weight excluding hydrogens is 224 g/mol. The van der Waals surface area contributed by atoms with Crippen LogP contribution in [0.1, 0.15) is 38.8 Å². The van der Waals surface area contributed by atoms with Gasteiger partial charge in [-0.05, 0) is 39.2 Å². The van der Waals surface area contributed by atoms with Crippen LogP contribution in [0, 0.1) is 5.92 Å². The maximum atomic E-state index is 11.9. The molecule has 3 heteroatoms. The number of aromatic nitrogens is 1. The van der Waals surface area contributed by atoms with Gasteiger partial charge in [-0.1, -0.05) is 6.07 Å². The van der Waals surface area contributed by atoms with Gasteiger partial charge >= 0.3 is 0 Å². The average molecular weight is 246 g/mol. The lowest BCUT2D eigenvalue weighted by Crippen LogP contribution is -2.53. The molecule has 1 aromatic rings. The Kier molecular flexibility index (Phi) is 2.63. The van der Waals surface area contributed by atoms with E-state index in [2.05, 4.69) is 31.7 Å². The van der Waals surface area contributed by atoms with Crippen molar-refractivity contribution < 1.29 is 0 Å². The first-order chi connectivity index (χ1) is 8.45. The normalized spacial score (nSPS) is 27.9. The monoisotopic (exact) mass is 246 g/mol. The Morgan fingerprint density at radius 3 is 2.67 bits per heavy atom. The Morgan fingerprint density at radius 1 is 1.17 bits per heavy atom. The first-order valence-corrected chi connectivity index (χ1v) is 6.90. The molecule has 1 unspecified atom stereocenters. The summed E-state index contributed by atoms with van der Waals surface area (Å²) in [6, 6.07) is 5.73. The summed E-state index contributed by atoms with van der Waals surface area (Å²) in [5, 5.41) is 0. The molecule has 2 bridgehead atoms. The number of piperidine rings is 1. The highest BCUT2D eigenvalue weighted by atomic mass is 16.1. The standard InChI is InChI=1S/C15H22N2O/c1-15(2,3)16-8-11-7-12(10-16)13-5-4-6-14(18)17(13)9-11/h4-6,11-12H,7-10H2,1-3H3/t11?,12-/m1/s1. The van der Waals surface area contributed by atoms with Crippen LogP contribution in [0.2, 0.25) is 0 Å². The highest BCUT2D eigenvalue weighted by Gasteiger charge is 2.37.